The van der Waals surface area contributed by atoms with Crippen LogP contribution in [0.4, 0.5) is 0 Å². The number of nitrogens with two attached hydrogens (primary N) is 1. The van der Waals surface area contributed by atoms with Crippen molar-refractivity contribution in [3.8, 4) is 0 Å². The van der Waals surface area contributed by atoms with Gasteiger partial charge in [0.15, 0.2) is 0 Å². The number of carbonyl (C=O) groups excluding carboxylic acids is 1. The Labute approximate surface area is 65.7 Å². The monoisotopic (exact) mass is 162 g/mol. The highest BCUT2D eigenvalue weighted by molar-refractivity contribution is 8.00. The molecule has 60 valence electrons. The number of carbonyl (C=O) groups is 1. The third-order valence-electron chi connectivity index (χ3n) is 1.11. The zero-order chi connectivity index (χ0) is 7.98. The van der Waals surface area contributed by atoms with E-state index in [1.165, 1.54) is 0 Å². The lowest BCUT2D eigenvalue weighted by atomic mass is 10.5. The van der Waals surface area contributed by atoms with Crippen LogP contribution >= 0.6 is 11.8 Å². The smallest absolute Gasteiger partial charge is 0.229 e. The molecule has 4 heteroatoms. The van der Waals surface area contributed by atoms with Crippen molar-refractivity contribution in [3.63, 3.8) is 0 Å². The number of rotatable bonds is 4. The van der Waals surface area contributed by atoms with Gasteiger partial charge >= 0.3 is 0 Å². The van der Waals surface area contributed by atoms with E-state index in [4.69, 9.17) is 5.73 Å². The molecule has 0 rings (SSSR count). The number of thioether (sulfide) groups is 1. The maximum absolute atomic E-state index is 10.7. The predicted molar refractivity (Wildman–Crippen MR) is 45.0 cm³/mol. The fourth-order valence-corrected chi connectivity index (χ4v) is 1.07. The van der Waals surface area contributed by atoms with Gasteiger partial charge in [0.1, 0.15) is 0 Å². The molecule has 0 aliphatic rings. The standard InChI is InChI=1S/C6H14N2OS/c1-5(3-7)10-4-6(9)8-2/h5H,3-4,7H2,1-2H3,(H,8,9). The summed E-state index contributed by atoms with van der Waals surface area (Å²) in [6.07, 6.45) is 0. The van der Waals surface area contributed by atoms with Crippen molar-refractivity contribution in [2.45, 2.75) is 12.2 Å². The van der Waals surface area contributed by atoms with E-state index >= 15 is 0 Å². The average Bonchev–Trinajstić information content (AvgIpc) is 1.99. The first-order chi connectivity index (χ1) is 4.70. The van der Waals surface area contributed by atoms with Gasteiger partial charge in [-0.05, 0) is 0 Å². The summed E-state index contributed by atoms with van der Waals surface area (Å²) in [5.74, 6) is 0.569. The molecule has 0 aliphatic heterocycles. The van der Waals surface area contributed by atoms with Crippen molar-refractivity contribution in [1.29, 1.82) is 0 Å². The van der Waals surface area contributed by atoms with Crippen molar-refractivity contribution in [1.82, 2.24) is 5.32 Å². The highest BCUT2D eigenvalue weighted by Crippen LogP contribution is 2.06. The average molecular weight is 162 g/mol. The molecule has 10 heavy (non-hydrogen) atoms. The molecule has 0 fully saturated rings. The lowest BCUT2D eigenvalue weighted by Crippen LogP contribution is -2.22. The van der Waals surface area contributed by atoms with Crippen LogP contribution in [-0.2, 0) is 4.79 Å². The minimum Gasteiger partial charge on any atom is -0.358 e. The van der Waals surface area contributed by atoms with E-state index in [0.29, 0.717) is 17.5 Å². The largest absolute Gasteiger partial charge is 0.358 e. The molecular weight excluding hydrogens is 148 g/mol. The first kappa shape index (κ1) is 9.78. The van der Waals surface area contributed by atoms with Gasteiger partial charge in [0.2, 0.25) is 5.91 Å². The molecule has 0 bridgehead atoms. The van der Waals surface area contributed by atoms with Gasteiger partial charge in [0, 0.05) is 18.8 Å². The normalized spacial score (nSPS) is 12.7. The molecule has 0 spiro atoms. The Morgan fingerprint density at radius 2 is 2.40 bits per heavy atom. The van der Waals surface area contributed by atoms with E-state index in [2.05, 4.69) is 5.32 Å². The quantitative estimate of drug-likeness (QED) is 0.602. The molecule has 0 saturated carbocycles. The zero-order valence-electron chi connectivity index (χ0n) is 6.39. The summed E-state index contributed by atoms with van der Waals surface area (Å²) in [7, 11) is 1.63. The number of nitrogens with one attached hydrogen (secondary N) is 1. The van der Waals surface area contributed by atoms with Crippen LogP contribution in [-0.4, -0.2) is 30.5 Å². The molecule has 3 nitrogen and oxygen atoms in total. The summed E-state index contributed by atoms with van der Waals surface area (Å²) in [5, 5.41) is 2.92. The van der Waals surface area contributed by atoms with Gasteiger partial charge in [-0.2, -0.15) is 0 Å². The van der Waals surface area contributed by atoms with Gasteiger partial charge in [-0.25, -0.2) is 0 Å². The molecule has 0 aromatic carbocycles. The summed E-state index contributed by atoms with van der Waals surface area (Å²) in [5.41, 5.74) is 5.35. The fourth-order valence-electron chi connectivity index (χ4n) is 0.358. The minimum atomic E-state index is 0.0605. The Balaban J connectivity index is 3.26. The zero-order valence-corrected chi connectivity index (χ0v) is 7.20. The maximum atomic E-state index is 10.7. The van der Waals surface area contributed by atoms with E-state index in [-0.39, 0.29) is 5.91 Å². The second-order valence-corrected chi connectivity index (χ2v) is 3.46. The van der Waals surface area contributed by atoms with Crippen LogP contribution in [0.2, 0.25) is 0 Å². The molecule has 0 aromatic rings. The van der Waals surface area contributed by atoms with Crippen LogP contribution in [0.25, 0.3) is 0 Å². The molecule has 3 N–H and O–H groups in total. The van der Waals surface area contributed by atoms with Crippen molar-refractivity contribution in [2.24, 2.45) is 5.73 Å². The van der Waals surface area contributed by atoms with Crippen LogP contribution in [0.1, 0.15) is 6.92 Å². The fraction of sp³-hybridized carbons (Fsp3) is 0.833. The number of hydrogen-bond acceptors (Lipinski definition) is 3. The number of hydrogen-bond donors (Lipinski definition) is 2. The summed E-state index contributed by atoms with van der Waals surface area (Å²) >= 11 is 1.57. The highest BCUT2D eigenvalue weighted by atomic mass is 32.2. The maximum Gasteiger partial charge on any atom is 0.229 e. The second kappa shape index (κ2) is 5.56. The first-order valence-electron chi connectivity index (χ1n) is 3.23. The molecule has 1 atom stereocenters. The number of amides is 1. The summed E-state index contributed by atoms with van der Waals surface area (Å²) in [6.45, 7) is 2.63. The van der Waals surface area contributed by atoms with E-state index in [0.717, 1.165) is 0 Å². The Morgan fingerprint density at radius 1 is 1.80 bits per heavy atom. The first-order valence-corrected chi connectivity index (χ1v) is 4.27. The van der Waals surface area contributed by atoms with Gasteiger partial charge in [-0.3, -0.25) is 4.79 Å². The topological polar surface area (TPSA) is 55.1 Å². The Kier molecular flexibility index (Phi) is 5.43. The molecule has 1 amide bonds. The molecule has 0 radical (unpaired) electrons. The predicted octanol–water partition coefficient (Wildman–Crippen LogP) is -0.187. The molecule has 0 saturated heterocycles. The van der Waals surface area contributed by atoms with Gasteiger partial charge in [-0.15, -0.1) is 11.8 Å². The van der Waals surface area contributed by atoms with Crippen molar-refractivity contribution < 1.29 is 4.79 Å². The van der Waals surface area contributed by atoms with Gasteiger partial charge in [0.25, 0.3) is 0 Å². The summed E-state index contributed by atoms with van der Waals surface area (Å²) in [4.78, 5) is 10.7. The Bertz CT molecular complexity index is 108. The van der Waals surface area contributed by atoms with E-state index in [1.807, 2.05) is 6.92 Å². The minimum absolute atomic E-state index is 0.0605. The van der Waals surface area contributed by atoms with E-state index in [9.17, 15) is 4.79 Å². The molecular formula is C6H14N2OS. The third kappa shape index (κ3) is 4.64. The van der Waals surface area contributed by atoms with Crippen LogP contribution in [0.15, 0.2) is 0 Å². The Morgan fingerprint density at radius 3 is 2.80 bits per heavy atom. The van der Waals surface area contributed by atoms with Gasteiger partial charge in [-0.1, -0.05) is 6.92 Å². The van der Waals surface area contributed by atoms with Crippen molar-refractivity contribution >= 4 is 17.7 Å². The van der Waals surface area contributed by atoms with Gasteiger partial charge in [0.05, 0.1) is 5.75 Å². The molecule has 0 aromatic heterocycles. The van der Waals surface area contributed by atoms with Crippen LogP contribution in [0.5, 0.6) is 0 Å². The van der Waals surface area contributed by atoms with Crippen LogP contribution in [0, 0.1) is 0 Å². The second-order valence-electron chi connectivity index (χ2n) is 2.03. The third-order valence-corrected chi connectivity index (χ3v) is 2.30. The lowest BCUT2D eigenvalue weighted by molar-refractivity contribution is -0.118. The Hall–Kier alpha value is -0.220. The molecule has 1 unspecified atom stereocenters. The van der Waals surface area contributed by atoms with Crippen molar-refractivity contribution in [2.75, 3.05) is 19.3 Å². The lowest BCUT2D eigenvalue weighted by Gasteiger charge is -2.05. The van der Waals surface area contributed by atoms with Gasteiger partial charge < -0.3 is 11.1 Å². The van der Waals surface area contributed by atoms with Crippen LogP contribution in [0.3, 0.4) is 0 Å². The van der Waals surface area contributed by atoms with Crippen molar-refractivity contribution in [3.05, 3.63) is 0 Å². The molecule has 0 heterocycles. The molecule has 0 aliphatic carbocycles. The summed E-state index contributed by atoms with van der Waals surface area (Å²) in [6, 6.07) is 0. The highest BCUT2D eigenvalue weighted by Gasteiger charge is 2.02. The van der Waals surface area contributed by atoms with Crippen LogP contribution < -0.4 is 11.1 Å². The van der Waals surface area contributed by atoms with E-state index < -0.39 is 0 Å². The van der Waals surface area contributed by atoms with E-state index in [1.54, 1.807) is 18.8 Å². The summed E-state index contributed by atoms with van der Waals surface area (Å²) < 4.78 is 0. The SMILES string of the molecule is CNC(=O)CSC(C)CN.